The molecule has 3 aliphatic rings. The molecule has 0 spiro atoms. The van der Waals surface area contributed by atoms with E-state index in [9.17, 15) is 19.2 Å². The van der Waals surface area contributed by atoms with Crippen LogP contribution in [-0.4, -0.2) is 58.4 Å². The van der Waals surface area contributed by atoms with Crippen molar-refractivity contribution in [1.82, 2.24) is 15.5 Å². The Labute approximate surface area is 276 Å². The van der Waals surface area contributed by atoms with Gasteiger partial charge in [0.2, 0.25) is 11.8 Å². The third-order valence-corrected chi connectivity index (χ3v) is 9.94. The van der Waals surface area contributed by atoms with Crippen molar-refractivity contribution >= 4 is 47.0 Å². The summed E-state index contributed by atoms with van der Waals surface area (Å²) in [5.74, 6) is -1.23. The molecule has 2 aromatic carbocycles. The fourth-order valence-corrected chi connectivity index (χ4v) is 7.82. The van der Waals surface area contributed by atoms with Gasteiger partial charge in [-0.05, 0) is 66.3 Å². The highest BCUT2D eigenvalue weighted by molar-refractivity contribution is 8.03. The van der Waals surface area contributed by atoms with Crippen molar-refractivity contribution in [2.45, 2.75) is 62.8 Å². The molecule has 2 N–H and O–H groups in total. The molecule has 3 aliphatic heterocycles. The molecule has 238 valence electrons. The molecule has 11 heteroatoms. The Morgan fingerprint density at radius 1 is 1.00 bits per heavy atom. The molecule has 3 aromatic rings. The summed E-state index contributed by atoms with van der Waals surface area (Å²) in [5, 5.41) is 8.83. The van der Waals surface area contributed by atoms with Gasteiger partial charge in [0, 0.05) is 23.4 Å². The summed E-state index contributed by atoms with van der Waals surface area (Å²) in [5.41, 5.74) is 2.66. The number of amides is 3. The molecule has 3 amide bonds. The number of rotatable bonds is 8. The summed E-state index contributed by atoms with van der Waals surface area (Å²) < 4.78 is 11.7. The second-order valence-electron chi connectivity index (χ2n) is 12.2. The predicted octanol–water partition coefficient (Wildman–Crippen LogP) is 5.50. The van der Waals surface area contributed by atoms with Crippen molar-refractivity contribution in [2.75, 3.05) is 6.54 Å². The fraction of sp³-hybridized carbons (Fsp3) is 0.314. The molecular weight excluding hydrogens is 623 g/mol. The number of esters is 1. The van der Waals surface area contributed by atoms with Gasteiger partial charge < -0.3 is 25.0 Å². The number of fused-ring (bicyclic) bond motifs is 1. The van der Waals surface area contributed by atoms with Gasteiger partial charge in [-0.1, -0.05) is 66.7 Å². The molecule has 0 bridgehead atoms. The van der Waals surface area contributed by atoms with Gasteiger partial charge >= 0.3 is 12.1 Å². The zero-order valence-corrected chi connectivity index (χ0v) is 27.4. The maximum absolute atomic E-state index is 14.5. The van der Waals surface area contributed by atoms with Crippen molar-refractivity contribution in [3.63, 3.8) is 0 Å². The third kappa shape index (κ3) is 6.61. The molecule has 0 radical (unpaired) electrons. The maximum atomic E-state index is 14.5. The summed E-state index contributed by atoms with van der Waals surface area (Å²) in [4.78, 5) is 56.5. The van der Waals surface area contributed by atoms with Crippen LogP contribution in [0.5, 0.6) is 0 Å². The first-order chi connectivity index (χ1) is 22.1. The number of carbonyl (C=O) groups excluding carboxylic acids is 4. The van der Waals surface area contributed by atoms with Crippen LogP contribution in [0.3, 0.4) is 0 Å². The summed E-state index contributed by atoms with van der Waals surface area (Å²) in [6.07, 6.45) is -0.528. The average molecular weight is 658 g/mol. The monoisotopic (exact) mass is 657 g/mol. The molecular formula is C35H35N3O6S2. The van der Waals surface area contributed by atoms with Gasteiger partial charge in [0.05, 0.1) is 0 Å². The highest BCUT2D eigenvalue weighted by Gasteiger charge is 2.57. The number of thioether (sulfide) groups is 1. The van der Waals surface area contributed by atoms with Crippen molar-refractivity contribution in [3.8, 4) is 0 Å². The SMILES string of the molecule is CC(C)(C)OC(=O)N[C@@H]1C(=O)N2[C@@H](C(=O)OC(c3ccccc3)c3ccccc3)C(C(Cc3cccs3)=C3CCNC3=O)=CS[C@H]12. The molecule has 2 fully saturated rings. The number of β-lactam (4-membered cyclic amide) rings is 1. The van der Waals surface area contributed by atoms with E-state index >= 15 is 0 Å². The molecule has 0 aliphatic carbocycles. The van der Waals surface area contributed by atoms with E-state index in [0.717, 1.165) is 16.0 Å². The van der Waals surface area contributed by atoms with Crippen LogP contribution in [0, 0.1) is 0 Å². The van der Waals surface area contributed by atoms with Crippen LogP contribution < -0.4 is 10.6 Å². The fourth-order valence-electron chi connectivity index (χ4n) is 5.85. The first kappa shape index (κ1) is 31.6. The highest BCUT2D eigenvalue weighted by Crippen LogP contribution is 2.45. The summed E-state index contributed by atoms with van der Waals surface area (Å²) in [7, 11) is 0. The number of hydrogen-bond acceptors (Lipinski definition) is 8. The van der Waals surface area contributed by atoms with E-state index in [2.05, 4.69) is 10.6 Å². The van der Waals surface area contributed by atoms with Crippen LogP contribution in [0.1, 0.15) is 49.3 Å². The minimum absolute atomic E-state index is 0.183. The number of benzene rings is 2. The Morgan fingerprint density at radius 3 is 2.24 bits per heavy atom. The lowest BCUT2D eigenvalue weighted by Gasteiger charge is -2.52. The topological polar surface area (TPSA) is 114 Å². The van der Waals surface area contributed by atoms with E-state index in [4.69, 9.17) is 9.47 Å². The Hall–Kier alpha value is -4.35. The van der Waals surface area contributed by atoms with Gasteiger partial charge in [0.25, 0.3) is 0 Å². The molecule has 3 atom stereocenters. The summed E-state index contributed by atoms with van der Waals surface area (Å²) in [6.45, 7) is 5.73. The Bertz CT molecular complexity index is 1640. The first-order valence-electron chi connectivity index (χ1n) is 15.1. The van der Waals surface area contributed by atoms with E-state index in [-0.39, 0.29) is 5.91 Å². The molecule has 0 unspecified atom stereocenters. The molecule has 6 rings (SSSR count). The third-order valence-electron chi connectivity index (χ3n) is 7.90. The van der Waals surface area contributed by atoms with Crippen molar-refractivity contribution in [3.05, 3.63) is 116 Å². The van der Waals surface area contributed by atoms with E-state index in [1.165, 1.54) is 16.7 Å². The number of carbonyl (C=O) groups is 4. The van der Waals surface area contributed by atoms with Crippen LogP contribution in [0.25, 0.3) is 0 Å². The Kier molecular flexibility index (Phi) is 9.06. The van der Waals surface area contributed by atoms with Crippen LogP contribution in [0.4, 0.5) is 4.79 Å². The van der Waals surface area contributed by atoms with Crippen LogP contribution in [-0.2, 0) is 30.3 Å². The van der Waals surface area contributed by atoms with E-state index in [1.54, 1.807) is 32.1 Å². The van der Waals surface area contributed by atoms with Crippen LogP contribution in [0.15, 0.2) is 100 Å². The highest BCUT2D eigenvalue weighted by atomic mass is 32.2. The van der Waals surface area contributed by atoms with Gasteiger partial charge in [-0.2, -0.15) is 0 Å². The smallest absolute Gasteiger partial charge is 0.408 e. The lowest BCUT2D eigenvalue weighted by molar-refractivity contribution is -0.164. The number of hydrogen-bond donors (Lipinski definition) is 2. The van der Waals surface area contributed by atoms with Crippen molar-refractivity contribution in [1.29, 1.82) is 0 Å². The second-order valence-corrected chi connectivity index (χ2v) is 14.3. The molecule has 9 nitrogen and oxygen atoms in total. The zero-order chi connectivity index (χ0) is 32.4. The van der Waals surface area contributed by atoms with Crippen molar-refractivity contribution in [2.24, 2.45) is 0 Å². The number of alkyl carbamates (subject to hydrolysis) is 1. The number of nitrogens with zero attached hydrogens (tertiary/aromatic N) is 1. The predicted molar refractivity (Wildman–Crippen MR) is 177 cm³/mol. The van der Waals surface area contributed by atoms with Gasteiger partial charge in [-0.25, -0.2) is 9.59 Å². The molecule has 2 saturated heterocycles. The van der Waals surface area contributed by atoms with Gasteiger partial charge in [0.15, 0.2) is 12.1 Å². The van der Waals surface area contributed by atoms with Crippen molar-refractivity contribution < 1.29 is 28.7 Å². The summed E-state index contributed by atoms with van der Waals surface area (Å²) >= 11 is 2.89. The maximum Gasteiger partial charge on any atom is 0.408 e. The first-order valence-corrected chi connectivity index (χ1v) is 16.9. The lowest BCUT2D eigenvalue weighted by Crippen LogP contribution is -2.74. The van der Waals surface area contributed by atoms with E-state index in [1.807, 2.05) is 83.6 Å². The Balaban J connectivity index is 1.39. The number of ether oxygens (including phenoxy) is 2. The quantitative estimate of drug-likeness (QED) is 0.187. The standard InChI is InChI=1S/C35H35N3O6S2/c1-35(2,3)44-34(42)37-27-31(40)38-28(33(41)43-29(21-11-6-4-7-12-21)22-13-8-5-9-14-22)26(20-46-32(27)38)25(19-23-15-10-18-45-23)24-16-17-36-30(24)39/h4-15,18,20,27-29,32H,16-17,19H2,1-3H3,(H,36,39)(H,37,42)/t27-,28-,32-/m1/s1. The number of thiophene rings is 1. The minimum Gasteiger partial charge on any atom is -0.451 e. The van der Waals surface area contributed by atoms with Crippen LogP contribution in [0.2, 0.25) is 0 Å². The summed E-state index contributed by atoms with van der Waals surface area (Å²) in [6, 6.07) is 20.8. The zero-order valence-electron chi connectivity index (χ0n) is 25.7. The van der Waals surface area contributed by atoms with E-state index < -0.39 is 47.1 Å². The van der Waals surface area contributed by atoms with Gasteiger partial charge in [-0.15, -0.1) is 23.1 Å². The molecule has 4 heterocycles. The average Bonchev–Trinajstić information content (AvgIpc) is 3.72. The molecule has 0 saturated carbocycles. The number of nitrogens with one attached hydrogen (secondary N) is 2. The molecule has 1 aromatic heterocycles. The lowest BCUT2D eigenvalue weighted by atomic mass is 9.88. The normalized spacial score (nSPS) is 22.0. The van der Waals surface area contributed by atoms with E-state index in [0.29, 0.717) is 36.1 Å². The minimum atomic E-state index is -1.14. The van der Waals surface area contributed by atoms with Crippen LogP contribution >= 0.6 is 23.1 Å². The largest absolute Gasteiger partial charge is 0.451 e. The Morgan fingerprint density at radius 2 is 1.67 bits per heavy atom. The van der Waals surface area contributed by atoms with Gasteiger partial charge in [0.1, 0.15) is 17.0 Å². The second kappa shape index (κ2) is 13.2. The van der Waals surface area contributed by atoms with Gasteiger partial charge in [-0.3, -0.25) is 9.59 Å². The molecule has 46 heavy (non-hydrogen) atoms.